The summed E-state index contributed by atoms with van der Waals surface area (Å²) in [6.45, 7) is 4.54. The van der Waals surface area contributed by atoms with Crippen molar-refractivity contribution >= 4 is 45.6 Å². The number of benzene rings is 1. The number of carbonyl (C=O) groups excluding carboxylic acids is 2. The minimum absolute atomic E-state index is 0.105. The molecule has 0 bridgehead atoms. The first-order valence-corrected chi connectivity index (χ1v) is 10.8. The third kappa shape index (κ3) is 4.38. The van der Waals surface area contributed by atoms with Gasteiger partial charge in [-0.15, -0.1) is 11.3 Å². The number of carbonyl (C=O) groups is 2. The number of thiazole rings is 1. The fourth-order valence-electron chi connectivity index (χ4n) is 3.76. The molecule has 0 saturated carbocycles. The van der Waals surface area contributed by atoms with Gasteiger partial charge in [0.05, 0.1) is 11.4 Å². The minimum Gasteiger partial charge on any atom is -0.345 e. The third-order valence-electron chi connectivity index (χ3n) is 5.48. The number of hydrogen-bond donors (Lipinski definition) is 1. The van der Waals surface area contributed by atoms with Crippen molar-refractivity contribution in [2.45, 2.75) is 26.2 Å². The van der Waals surface area contributed by atoms with Crippen molar-refractivity contribution in [3.63, 3.8) is 0 Å². The summed E-state index contributed by atoms with van der Waals surface area (Å²) in [5.41, 5.74) is 1.17. The van der Waals surface area contributed by atoms with Crippen LogP contribution in [0.3, 0.4) is 0 Å². The second-order valence-corrected chi connectivity index (χ2v) is 8.91. The lowest BCUT2D eigenvalue weighted by atomic mass is 9.90. The summed E-state index contributed by atoms with van der Waals surface area (Å²) in [6.07, 6.45) is 2.02. The molecule has 1 aliphatic carbocycles. The van der Waals surface area contributed by atoms with E-state index in [1.807, 2.05) is 4.90 Å². The zero-order chi connectivity index (χ0) is 20.5. The topological polar surface area (TPSA) is 65.5 Å². The first kappa shape index (κ1) is 20.1. The smallest absolute Gasteiger partial charge is 0.227 e. The van der Waals surface area contributed by atoms with Gasteiger partial charge in [-0.3, -0.25) is 9.59 Å². The van der Waals surface area contributed by atoms with Crippen LogP contribution in [0, 0.1) is 11.7 Å². The lowest BCUT2D eigenvalue weighted by Crippen LogP contribution is -2.48. The lowest BCUT2D eigenvalue weighted by molar-refractivity contribution is -0.129. The van der Waals surface area contributed by atoms with Gasteiger partial charge in [0.1, 0.15) is 5.82 Å². The van der Waals surface area contributed by atoms with E-state index in [9.17, 15) is 14.0 Å². The van der Waals surface area contributed by atoms with Crippen molar-refractivity contribution in [1.82, 2.24) is 9.88 Å². The molecule has 2 aliphatic rings. The maximum Gasteiger partial charge on any atom is 0.227 e. The van der Waals surface area contributed by atoms with E-state index in [-0.39, 0.29) is 23.4 Å². The molecule has 2 amide bonds. The first-order chi connectivity index (χ1) is 13.9. The zero-order valence-electron chi connectivity index (χ0n) is 16.1. The number of aryl methyl sites for hydroxylation is 1. The second kappa shape index (κ2) is 8.28. The minimum atomic E-state index is -0.496. The molecule has 0 spiro atoms. The molecule has 6 nitrogen and oxygen atoms in total. The van der Waals surface area contributed by atoms with Crippen molar-refractivity contribution in [3.05, 3.63) is 39.6 Å². The Bertz CT molecular complexity index is 943. The number of amides is 2. The van der Waals surface area contributed by atoms with Crippen LogP contribution in [0.25, 0.3) is 0 Å². The van der Waals surface area contributed by atoms with Gasteiger partial charge in [-0.1, -0.05) is 11.6 Å². The van der Waals surface area contributed by atoms with E-state index in [1.165, 1.54) is 18.2 Å². The number of aromatic nitrogens is 1. The Labute approximate surface area is 177 Å². The Morgan fingerprint density at radius 1 is 1.28 bits per heavy atom. The van der Waals surface area contributed by atoms with E-state index in [4.69, 9.17) is 16.6 Å². The van der Waals surface area contributed by atoms with Gasteiger partial charge in [0, 0.05) is 48.9 Å². The molecular formula is C20H22ClFN4O2S. The maximum absolute atomic E-state index is 13.9. The molecule has 2 heterocycles. The Balaban J connectivity index is 1.41. The number of halogens is 2. The van der Waals surface area contributed by atoms with Crippen LogP contribution < -0.4 is 10.2 Å². The molecule has 1 fully saturated rings. The van der Waals surface area contributed by atoms with Crippen LogP contribution >= 0.6 is 22.9 Å². The van der Waals surface area contributed by atoms with Gasteiger partial charge in [0.15, 0.2) is 5.13 Å². The maximum atomic E-state index is 13.9. The zero-order valence-corrected chi connectivity index (χ0v) is 17.7. The molecular weight excluding hydrogens is 415 g/mol. The van der Waals surface area contributed by atoms with Crippen molar-refractivity contribution in [2.24, 2.45) is 5.92 Å². The Morgan fingerprint density at radius 2 is 2.03 bits per heavy atom. The summed E-state index contributed by atoms with van der Waals surface area (Å²) in [5, 5.41) is 4.01. The van der Waals surface area contributed by atoms with Crippen molar-refractivity contribution < 1.29 is 14.0 Å². The van der Waals surface area contributed by atoms with Crippen LogP contribution in [0.15, 0.2) is 18.2 Å². The van der Waals surface area contributed by atoms with Gasteiger partial charge in [0.2, 0.25) is 11.8 Å². The standard InChI is InChI=1S/C20H22ClFN4O2S/c1-12(27)25-6-8-26(9-7-25)20-24-16-5-2-13(10-18(16)29-20)19(28)23-17-11-14(21)3-4-15(17)22/h3-4,11,13H,2,5-10H2,1H3,(H,23,28)/t13-/m0/s1. The molecule has 9 heteroatoms. The molecule has 29 heavy (non-hydrogen) atoms. The molecule has 1 N–H and O–H groups in total. The average molecular weight is 437 g/mol. The van der Waals surface area contributed by atoms with E-state index in [0.29, 0.717) is 31.0 Å². The van der Waals surface area contributed by atoms with Gasteiger partial charge in [-0.2, -0.15) is 0 Å². The van der Waals surface area contributed by atoms with Gasteiger partial charge >= 0.3 is 0 Å². The highest BCUT2D eigenvalue weighted by Gasteiger charge is 2.30. The predicted molar refractivity (Wildman–Crippen MR) is 112 cm³/mol. The molecule has 0 unspecified atom stereocenters. The third-order valence-corrected chi connectivity index (χ3v) is 6.90. The molecule has 154 valence electrons. The van der Waals surface area contributed by atoms with E-state index in [1.54, 1.807) is 18.3 Å². The van der Waals surface area contributed by atoms with Crippen LogP contribution in [0.4, 0.5) is 15.2 Å². The highest BCUT2D eigenvalue weighted by molar-refractivity contribution is 7.15. The molecule has 1 aliphatic heterocycles. The van der Waals surface area contributed by atoms with Crippen LogP contribution in [0.2, 0.25) is 5.02 Å². The quantitative estimate of drug-likeness (QED) is 0.801. The second-order valence-electron chi connectivity index (χ2n) is 7.41. The van der Waals surface area contributed by atoms with Gasteiger partial charge in [-0.25, -0.2) is 9.37 Å². The monoisotopic (exact) mass is 436 g/mol. The average Bonchev–Trinajstić information content (AvgIpc) is 3.14. The van der Waals surface area contributed by atoms with Crippen molar-refractivity contribution in [2.75, 3.05) is 36.4 Å². The molecule has 0 radical (unpaired) electrons. The molecule has 1 aromatic heterocycles. The number of rotatable bonds is 3. The fourth-order valence-corrected chi connectivity index (χ4v) is 5.17. The number of nitrogens with zero attached hydrogens (tertiary/aromatic N) is 3. The highest BCUT2D eigenvalue weighted by atomic mass is 35.5. The Hall–Kier alpha value is -2.19. The van der Waals surface area contributed by atoms with Crippen LogP contribution in [-0.4, -0.2) is 47.9 Å². The van der Waals surface area contributed by atoms with Gasteiger partial charge in [0.25, 0.3) is 0 Å². The van der Waals surface area contributed by atoms with E-state index < -0.39 is 5.82 Å². The number of piperazine rings is 1. The van der Waals surface area contributed by atoms with E-state index in [2.05, 4.69) is 10.2 Å². The number of anilines is 2. The summed E-state index contributed by atoms with van der Waals surface area (Å²) >= 11 is 7.53. The predicted octanol–water partition coefficient (Wildman–Crippen LogP) is 3.35. The van der Waals surface area contributed by atoms with Gasteiger partial charge < -0.3 is 15.1 Å². The number of nitrogens with one attached hydrogen (secondary N) is 1. The normalized spacial score (nSPS) is 19.1. The number of hydrogen-bond acceptors (Lipinski definition) is 5. The van der Waals surface area contributed by atoms with E-state index >= 15 is 0 Å². The fraction of sp³-hybridized carbons (Fsp3) is 0.450. The van der Waals surface area contributed by atoms with Gasteiger partial charge in [-0.05, 0) is 37.5 Å². The highest BCUT2D eigenvalue weighted by Crippen LogP contribution is 2.35. The van der Waals surface area contributed by atoms with E-state index in [0.717, 1.165) is 35.2 Å². The summed E-state index contributed by atoms with van der Waals surface area (Å²) in [6, 6.07) is 4.13. The van der Waals surface area contributed by atoms with Crippen LogP contribution in [0.5, 0.6) is 0 Å². The van der Waals surface area contributed by atoms with Crippen LogP contribution in [0.1, 0.15) is 23.9 Å². The molecule has 2 aromatic rings. The summed E-state index contributed by atoms with van der Waals surface area (Å²) in [4.78, 5) is 34.1. The van der Waals surface area contributed by atoms with Crippen molar-refractivity contribution in [1.29, 1.82) is 0 Å². The SMILES string of the molecule is CC(=O)N1CCN(c2nc3c(s2)C[C@@H](C(=O)Nc2cc(Cl)ccc2F)CC3)CC1. The largest absolute Gasteiger partial charge is 0.345 e. The summed E-state index contributed by atoms with van der Waals surface area (Å²) < 4.78 is 13.9. The summed E-state index contributed by atoms with van der Waals surface area (Å²) in [7, 11) is 0. The molecule has 1 atom stereocenters. The lowest BCUT2D eigenvalue weighted by Gasteiger charge is -2.33. The van der Waals surface area contributed by atoms with Crippen LogP contribution in [-0.2, 0) is 22.4 Å². The van der Waals surface area contributed by atoms with Crippen molar-refractivity contribution in [3.8, 4) is 0 Å². The first-order valence-electron chi connectivity index (χ1n) is 9.65. The molecule has 1 aromatic carbocycles. The Morgan fingerprint density at radius 3 is 2.76 bits per heavy atom. The summed E-state index contributed by atoms with van der Waals surface area (Å²) in [5.74, 6) is -0.803. The molecule has 4 rings (SSSR count). The number of fused-ring (bicyclic) bond motifs is 1. The molecule has 1 saturated heterocycles. The Kier molecular flexibility index (Phi) is 5.74.